The Labute approximate surface area is 79.3 Å². The zero-order valence-corrected chi connectivity index (χ0v) is 8.25. The standard InChI is InChI=1S/C9H19NO3/c1-2-3-4-5-6-7-8-12-13-9(10)11/h2-8H2,1H3,(H2,10,11). The summed E-state index contributed by atoms with van der Waals surface area (Å²) in [5.41, 5.74) is 4.69. The number of rotatable bonds is 8. The van der Waals surface area contributed by atoms with Crippen molar-refractivity contribution in [3.05, 3.63) is 0 Å². The Hall–Kier alpha value is -0.770. The van der Waals surface area contributed by atoms with E-state index in [1.807, 2.05) is 0 Å². The maximum Gasteiger partial charge on any atom is 0.436 e. The molecule has 4 heteroatoms. The van der Waals surface area contributed by atoms with Gasteiger partial charge in [0.2, 0.25) is 0 Å². The highest BCUT2D eigenvalue weighted by Gasteiger charge is 1.94. The van der Waals surface area contributed by atoms with E-state index in [2.05, 4.69) is 22.4 Å². The molecule has 0 fully saturated rings. The van der Waals surface area contributed by atoms with Crippen molar-refractivity contribution in [3.63, 3.8) is 0 Å². The molecule has 0 aromatic carbocycles. The molecule has 0 saturated heterocycles. The largest absolute Gasteiger partial charge is 0.436 e. The highest BCUT2D eigenvalue weighted by Crippen LogP contribution is 2.04. The number of unbranched alkanes of at least 4 members (excludes halogenated alkanes) is 5. The second-order valence-corrected chi connectivity index (χ2v) is 2.99. The average Bonchev–Trinajstić information content (AvgIpc) is 2.09. The van der Waals surface area contributed by atoms with Crippen molar-refractivity contribution in [1.82, 2.24) is 0 Å². The van der Waals surface area contributed by atoms with E-state index in [4.69, 9.17) is 0 Å². The molecule has 0 aromatic heterocycles. The van der Waals surface area contributed by atoms with Gasteiger partial charge in [0.1, 0.15) is 0 Å². The van der Waals surface area contributed by atoms with Crippen LogP contribution in [0.25, 0.3) is 0 Å². The molecule has 0 aliphatic carbocycles. The monoisotopic (exact) mass is 189 g/mol. The molecule has 0 rings (SSSR count). The summed E-state index contributed by atoms with van der Waals surface area (Å²) in [5.74, 6) is 0. The predicted octanol–water partition coefficient (Wildman–Crippen LogP) is 2.37. The minimum atomic E-state index is -0.883. The summed E-state index contributed by atoms with van der Waals surface area (Å²) in [6.45, 7) is 2.62. The van der Waals surface area contributed by atoms with Crippen LogP contribution in [-0.2, 0) is 9.78 Å². The van der Waals surface area contributed by atoms with Gasteiger partial charge in [-0.1, -0.05) is 39.0 Å². The molecule has 0 saturated carbocycles. The normalized spacial score (nSPS) is 9.92. The van der Waals surface area contributed by atoms with Gasteiger partial charge in [0.05, 0.1) is 6.61 Å². The maximum absolute atomic E-state index is 10.0. The van der Waals surface area contributed by atoms with Crippen LogP contribution < -0.4 is 5.73 Å². The lowest BCUT2D eigenvalue weighted by Crippen LogP contribution is -2.13. The van der Waals surface area contributed by atoms with Crippen LogP contribution in [0.1, 0.15) is 45.4 Å². The first kappa shape index (κ1) is 12.2. The summed E-state index contributed by atoms with van der Waals surface area (Å²) in [4.78, 5) is 18.7. The van der Waals surface area contributed by atoms with Crippen LogP contribution in [-0.4, -0.2) is 12.7 Å². The first-order chi connectivity index (χ1) is 6.27. The molecular formula is C9H19NO3. The third-order valence-corrected chi connectivity index (χ3v) is 1.72. The van der Waals surface area contributed by atoms with Gasteiger partial charge in [0.25, 0.3) is 0 Å². The third kappa shape index (κ3) is 11.2. The van der Waals surface area contributed by atoms with Crippen molar-refractivity contribution in [2.24, 2.45) is 5.73 Å². The van der Waals surface area contributed by atoms with E-state index in [1.54, 1.807) is 0 Å². The molecule has 0 unspecified atom stereocenters. The van der Waals surface area contributed by atoms with Crippen LogP contribution in [0.2, 0.25) is 0 Å². The molecule has 2 N–H and O–H groups in total. The molecule has 0 spiro atoms. The van der Waals surface area contributed by atoms with Gasteiger partial charge >= 0.3 is 6.09 Å². The van der Waals surface area contributed by atoms with Gasteiger partial charge in [-0.2, -0.15) is 4.89 Å². The van der Waals surface area contributed by atoms with Crippen LogP contribution >= 0.6 is 0 Å². The highest BCUT2D eigenvalue weighted by atomic mass is 17.2. The number of carbonyl (C=O) groups is 1. The number of amides is 1. The Morgan fingerprint density at radius 2 is 1.77 bits per heavy atom. The Kier molecular flexibility index (Phi) is 8.77. The SMILES string of the molecule is CCCCCCCCOOC(N)=O. The van der Waals surface area contributed by atoms with Gasteiger partial charge in [-0.3, -0.25) is 4.89 Å². The molecular weight excluding hydrogens is 170 g/mol. The molecule has 0 aliphatic heterocycles. The van der Waals surface area contributed by atoms with Gasteiger partial charge in [-0.25, -0.2) is 4.79 Å². The van der Waals surface area contributed by atoms with E-state index in [0.717, 1.165) is 12.8 Å². The Bertz CT molecular complexity index is 128. The van der Waals surface area contributed by atoms with Crippen LogP contribution in [0.15, 0.2) is 0 Å². The molecule has 4 nitrogen and oxygen atoms in total. The summed E-state index contributed by atoms with van der Waals surface area (Å²) >= 11 is 0. The zero-order valence-electron chi connectivity index (χ0n) is 8.25. The Balaban J connectivity index is 2.87. The minimum Gasteiger partial charge on any atom is -0.333 e. The highest BCUT2D eigenvalue weighted by molar-refractivity contribution is 5.63. The van der Waals surface area contributed by atoms with E-state index in [-0.39, 0.29) is 0 Å². The second kappa shape index (κ2) is 9.32. The smallest absolute Gasteiger partial charge is 0.333 e. The molecule has 0 bridgehead atoms. The van der Waals surface area contributed by atoms with Crippen molar-refractivity contribution in [3.8, 4) is 0 Å². The van der Waals surface area contributed by atoms with Gasteiger partial charge in [0.15, 0.2) is 0 Å². The van der Waals surface area contributed by atoms with Crippen LogP contribution in [0.5, 0.6) is 0 Å². The predicted molar refractivity (Wildman–Crippen MR) is 50.0 cm³/mol. The average molecular weight is 189 g/mol. The van der Waals surface area contributed by atoms with Crippen LogP contribution in [0.4, 0.5) is 4.79 Å². The minimum absolute atomic E-state index is 0.440. The van der Waals surface area contributed by atoms with Gasteiger partial charge < -0.3 is 5.73 Å². The second-order valence-electron chi connectivity index (χ2n) is 2.99. The molecule has 78 valence electrons. The Morgan fingerprint density at radius 1 is 1.15 bits per heavy atom. The Morgan fingerprint density at radius 3 is 2.38 bits per heavy atom. The van der Waals surface area contributed by atoms with Crippen LogP contribution in [0, 0.1) is 0 Å². The summed E-state index contributed by atoms with van der Waals surface area (Å²) < 4.78 is 0. The van der Waals surface area contributed by atoms with Gasteiger partial charge in [0, 0.05) is 0 Å². The molecule has 1 amide bonds. The third-order valence-electron chi connectivity index (χ3n) is 1.72. The number of primary amides is 1. The molecule has 13 heavy (non-hydrogen) atoms. The van der Waals surface area contributed by atoms with Crippen molar-refractivity contribution < 1.29 is 14.6 Å². The summed E-state index contributed by atoms with van der Waals surface area (Å²) in [7, 11) is 0. The topological polar surface area (TPSA) is 61.6 Å². The number of hydrogen-bond donors (Lipinski definition) is 1. The van der Waals surface area contributed by atoms with Gasteiger partial charge in [-0.05, 0) is 6.42 Å². The first-order valence-corrected chi connectivity index (χ1v) is 4.86. The maximum atomic E-state index is 10.0. The lowest BCUT2D eigenvalue weighted by molar-refractivity contribution is -0.236. The lowest BCUT2D eigenvalue weighted by Gasteiger charge is -2.00. The summed E-state index contributed by atoms with van der Waals surface area (Å²) in [5, 5.41) is 0. The van der Waals surface area contributed by atoms with E-state index in [9.17, 15) is 4.79 Å². The molecule has 0 atom stereocenters. The molecule has 0 radical (unpaired) electrons. The number of carbonyl (C=O) groups excluding carboxylic acids is 1. The van der Waals surface area contributed by atoms with Crippen molar-refractivity contribution in [2.45, 2.75) is 45.4 Å². The van der Waals surface area contributed by atoms with Crippen molar-refractivity contribution in [1.29, 1.82) is 0 Å². The summed E-state index contributed by atoms with van der Waals surface area (Å²) in [6, 6.07) is 0. The molecule has 0 heterocycles. The van der Waals surface area contributed by atoms with Crippen molar-refractivity contribution in [2.75, 3.05) is 6.61 Å². The van der Waals surface area contributed by atoms with Crippen molar-refractivity contribution >= 4 is 6.09 Å². The fraction of sp³-hybridized carbons (Fsp3) is 0.889. The van der Waals surface area contributed by atoms with Crippen LogP contribution in [0.3, 0.4) is 0 Å². The number of hydrogen-bond acceptors (Lipinski definition) is 3. The van der Waals surface area contributed by atoms with E-state index < -0.39 is 6.09 Å². The fourth-order valence-electron chi connectivity index (χ4n) is 1.04. The molecule has 0 aromatic rings. The van der Waals surface area contributed by atoms with E-state index >= 15 is 0 Å². The molecule has 0 aliphatic rings. The van der Waals surface area contributed by atoms with E-state index in [0.29, 0.717) is 6.61 Å². The zero-order chi connectivity index (χ0) is 9.94. The first-order valence-electron chi connectivity index (χ1n) is 4.86. The van der Waals surface area contributed by atoms with E-state index in [1.165, 1.54) is 25.7 Å². The summed E-state index contributed by atoms with van der Waals surface area (Å²) in [6.07, 6.45) is 6.17. The van der Waals surface area contributed by atoms with Gasteiger partial charge in [-0.15, -0.1) is 0 Å². The number of nitrogens with two attached hydrogens (primary N) is 1. The lowest BCUT2D eigenvalue weighted by atomic mass is 10.1. The quantitative estimate of drug-likeness (QED) is 0.362. The fourth-order valence-corrected chi connectivity index (χ4v) is 1.04.